The van der Waals surface area contributed by atoms with Crippen LogP contribution in [0.15, 0.2) is 30.3 Å². The van der Waals surface area contributed by atoms with Crippen molar-refractivity contribution in [2.45, 2.75) is 58.4 Å². The van der Waals surface area contributed by atoms with Crippen molar-refractivity contribution in [3.05, 3.63) is 41.7 Å². The molecule has 0 unspecified atom stereocenters. The maximum absolute atomic E-state index is 12.9. The number of nitrogens with zero attached hydrogens (tertiary/aromatic N) is 2. The van der Waals surface area contributed by atoms with E-state index in [1.807, 2.05) is 33.8 Å². The highest BCUT2D eigenvalue weighted by Crippen LogP contribution is 2.40. The molecule has 28 heavy (non-hydrogen) atoms. The third kappa shape index (κ3) is 4.92. The smallest absolute Gasteiger partial charge is 0.273 e. The first-order valence-electron chi connectivity index (χ1n) is 9.61. The van der Waals surface area contributed by atoms with Crippen molar-refractivity contribution in [2.24, 2.45) is 0 Å². The third-order valence-corrected chi connectivity index (χ3v) is 5.97. The van der Waals surface area contributed by atoms with E-state index >= 15 is 0 Å². The Bertz CT molecular complexity index is 952. The third-order valence-electron chi connectivity index (χ3n) is 4.48. The maximum atomic E-state index is 12.9. The number of amides is 1. The highest BCUT2D eigenvalue weighted by Gasteiger charge is 2.31. The molecule has 1 aliphatic carbocycles. The SMILES string of the molecule is CCCS(=O)(=O)Nc1ccc(NC(=O)c2cc(C3CC3)nn2C(C)(C)C)cc1. The normalized spacial score (nSPS) is 14.7. The highest BCUT2D eigenvalue weighted by atomic mass is 32.2. The van der Waals surface area contributed by atoms with Crippen molar-refractivity contribution in [2.75, 3.05) is 15.8 Å². The van der Waals surface area contributed by atoms with Crippen LogP contribution in [0, 0.1) is 0 Å². The number of rotatable bonds is 7. The Balaban J connectivity index is 1.75. The summed E-state index contributed by atoms with van der Waals surface area (Å²) in [5, 5.41) is 7.54. The fourth-order valence-electron chi connectivity index (χ4n) is 2.97. The van der Waals surface area contributed by atoms with Crippen molar-refractivity contribution >= 4 is 27.3 Å². The number of nitrogens with one attached hydrogen (secondary N) is 2. The topological polar surface area (TPSA) is 93.1 Å². The average molecular weight is 405 g/mol. The van der Waals surface area contributed by atoms with Gasteiger partial charge in [-0.15, -0.1) is 0 Å². The van der Waals surface area contributed by atoms with Crippen molar-refractivity contribution < 1.29 is 13.2 Å². The van der Waals surface area contributed by atoms with Crippen LogP contribution < -0.4 is 10.0 Å². The molecule has 0 saturated heterocycles. The highest BCUT2D eigenvalue weighted by molar-refractivity contribution is 7.92. The van der Waals surface area contributed by atoms with Gasteiger partial charge in [-0.1, -0.05) is 6.92 Å². The molecule has 2 N–H and O–H groups in total. The van der Waals surface area contributed by atoms with Crippen LogP contribution >= 0.6 is 0 Å². The predicted molar refractivity (Wildman–Crippen MR) is 111 cm³/mol. The molecule has 0 spiro atoms. The van der Waals surface area contributed by atoms with Gasteiger partial charge in [-0.2, -0.15) is 5.10 Å². The predicted octanol–water partition coefficient (Wildman–Crippen LogP) is 3.92. The summed E-state index contributed by atoms with van der Waals surface area (Å²) in [6.07, 6.45) is 2.79. The Hall–Kier alpha value is -2.35. The number of carbonyl (C=O) groups is 1. The van der Waals surface area contributed by atoms with Gasteiger partial charge in [0.05, 0.1) is 17.0 Å². The van der Waals surface area contributed by atoms with Crippen molar-refractivity contribution in [3.8, 4) is 0 Å². The number of carbonyl (C=O) groups excluding carboxylic acids is 1. The zero-order valence-electron chi connectivity index (χ0n) is 16.8. The standard InChI is InChI=1S/C20H28N4O3S/c1-5-12-28(26,27)23-16-10-8-15(9-11-16)21-19(25)18-13-17(14-6-7-14)22-24(18)20(2,3)4/h8-11,13-14,23H,5-7,12H2,1-4H3,(H,21,25). The summed E-state index contributed by atoms with van der Waals surface area (Å²) < 4.78 is 28.0. The summed E-state index contributed by atoms with van der Waals surface area (Å²) in [5.74, 6) is 0.310. The molecular weight excluding hydrogens is 376 g/mol. The van der Waals surface area contributed by atoms with Crippen LogP contribution in [0.1, 0.15) is 69.1 Å². The largest absolute Gasteiger partial charge is 0.321 e. The zero-order chi connectivity index (χ0) is 20.5. The van der Waals surface area contributed by atoms with E-state index in [1.165, 1.54) is 0 Å². The second-order valence-corrected chi connectivity index (χ2v) is 10.1. The van der Waals surface area contributed by atoms with E-state index in [-0.39, 0.29) is 17.2 Å². The zero-order valence-corrected chi connectivity index (χ0v) is 17.6. The summed E-state index contributed by atoms with van der Waals surface area (Å²) in [6, 6.07) is 8.52. The van der Waals surface area contributed by atoms with E-state index in [2.05, 4.69) is 15.1 Å². The van der Waals surface area contributed by atoms with Gasteiger partial charge in [0.1, 0.15) is 5.69 Å². The summed E-state index contributed by atoms with van der Waals surface area (Å²) >= 11 is 0. The molecule has 152 valence electrons. The van der Waals surface area contributed by atoms with Crippen LogP contribution in [0.5, 0.6) is 0 Å². The van der Waals surface area contributed by atoms with Crippen LogP contribution in [-0.2, 0) is 15.6 Å². The van der Waals surface area contributed by atoms with Crippen molar-refractivity contribution in [3.63, 3.8) is 0 Å². The summed E-state index contributed by atoms with van der Waals surface area (Å²) in [4.78, 5) is 12.9. The fourth-order valence-corrected chi connectivity index (χ4v) is 4.10. The van der Waals surface area contributed by atoms with Gasteiger partial charge in [-0.25, -0.2) is 8.42 Å². The molecule has 3 rings (SSSR count). The summed E-state index contributed by atoms with van der Waals surface area (Å²) in [5.41, 5.74) is 2.27. The number of hydrogen-bond acceptors (Lipinski definition) is 4. The lowest BCUT2D eigenvalue weighted by Gasteiger charge is -2.22. The van der Waals surface area contributed by atoms with E-state index in [0.717, 1.165) is 18.5 Å². The van der Waals surface area contributed by atoms with Gasteiger partial charge < -0.3 is 5.32 Å². The number of sulfonamides is 1. The van der Waals surface area contributed by atoms with E-state index in [0.29, 0.717) is 29.4 Å². The van der Waals surface area contributed by atoms with Gasteiger partial charge in [0, 0.05) is 17.3 Å². The van der Waals surface area contributed by atoms with Crippen LogP contribution in [-0.4, -0.2) is 29.9 Å². The second-order valence-electron chi connectivity index (χ2n) is 8.26. The molecule has 1 fully saturated rings. The van der Waals surface area contributed by atoms with Crippen LogP contribution in [0.25, 0.3) is 0 Å². The molecular formula is C20H28N4O3S. The maximum Gasteiger partial charge on any atom is 0.273 e. The molecule has 2 aromatic rings. The first-order chi connectivity index (χ1) is 13.1. The van der Waals surface area contributed by atoms with Gasteiger partial charge in [0.15, 0.2) is 0 Å². The first kappa shape index (κ1) is 20.4. The van der Waals surface area contributed by atoms with E-state index in [9.17, 15) is 13.2 Å². The minimum Gasteiger partial charge on any atom is -0.321 e. The lowest BCUT2D eigenvalue weighted by molar-refractivity contribution is 0.100. The molecule has 0 bridgehead atoms. The molecule has 0 aliphatic heterocycles. The summed E-state index contributed by atoms with van der Waals surface area (Å²) in [7, 11) is -3.33. The minimum atomic E-state index is -3.33. The van der Waals surface area contributed by atoms with E-state index in [1.54, 1.807) is 28.9 Å². The van der Waals surface area contributed by atoms with Crippen LogP contribution in [0.4, 0.5) is 11.4 Å². The molecule has 8 heteroatoms. The second kappa shape index (κ2) is 7.58. The van der Waals surface area contributed by atoms with Gasteiger partial charge >= 0.3 is 0 Å². The Morgan fingerprint density at radius 2 is 1.79 bits per heavy atom. The van der Waals surface area contributed by atoms with Gasteiger partial charge in [0.25, 0.3) is 5.91 Å². The molecule has 1 aromatic carbocycles. The number of benzene rings is 1. The molecule has 7 nitrogen and oxygen atoms in total. The Kier molecular flexibility index (Phi) is 5.52. The quantitative estimate of drug-likeness (QED) is 0.731. The van der Waals surface area contributed by atoms with Gasteiger partial charge in [-0.05, 0) is 70.4 Å². The van der Waals surface area contributed by atoms with Crippen molar-refractivity contribution in [1.29, 1.82) is 0 Å². The Morgan fingerprint density at radius 1 is 1.18 bits per heavy atom. The fraction of sp³-hybridized carbons (Fsp3) is 0.500. The van der Waals surface area contributed by atoms with Crippen LogP contribution in [0.3, 0.4) is 0 Å². The molecule has 1 amide bonds. The number of aromatic nitrogens is 2. The molecule has 1 aromatic heterocycles. The van der Waals surface area contributed by atoms with E-state index in [4.69, 9.17) is 0 Å². The molecule has 1 saturated carbocycles. The lowest BCUT2D eigenvalue weighted by Crippen LogP contribution is -2.29. The molecule has 0 radical (unpaired) electrons. The Morgan fingerprint density at radius 3 is 2.32 bits per heavy atom. The minimum absolute atomic E-state index is 0.0750. The molecule has 1 heterocycles. The van der Waals surface area contributed by atoms with Crippen molar-refractivity contribution in [1.82, 2.24) is 9.78 Å². The van der Waals surface area contributed by atoms with Gasteiger partial charge in [0.2, 0.25) is 10.0 Å². The monoisotopic (exact) mass is 404 g/mol. The number of anilines is 2. The number of hydrogen-bond donors (Lipinski definition) is 2. The first-order valence-corrected chi connectivity index (χ1v) is 11.3. The van der Waals surface area contributed by atoms with Gasteiger partial charge in [-0.3, -0.25) is 14.2 Å². The Labute approximate surface area is 166 Å². The summed E-state index contributed by atoms with van der Waals surface area (Å²) in [6.45, 7) is 7.87. The van der Waals surface area contributed by atoms with Crippen LogP contribution in [0.2, 0.25) is 0 Å². The average Bonchev–Trinajstić information content (AvgIpc) is 3.33. The molecule has 1 aliphatic rings. The van der Waals surface area contributed by atoms with E-state index < -0.39 is 10.0 Å². The molecule has 0 atom stereocenters. The lowest BCUT2D eigenvalue weighted by atomic mass is 10.1.